The van der Waals surface area contributed by atoms with Crippen LogP contribution in [-0.2, 0) is 11.2 Å². The summed E-state index contributed by atoms with van der Waals surface area (Å²) in [4.78, 5) is 25.2. The van der Waals surface area contributed by atoms with Crippen LogP contribution in [0.25, 0.3) is 0 Å². The van der Waals surface area contributed by atoms with Crippen molar-refractivity contribution < 1.29 is 9.59 Å². The lowest BCUT2D eigenvalue weighted by Crippen LogP contribution is -2.33. The monoisotopic (exact) mass is 312 g/mol. The van der Waals surface area contributed by atoms with Crippen LogP contribution in [0.5, 0.6) is 0 Å². The van der Waals surface area contributed by atoms with Gasteiger partial charge in [0, 0.05) is 13.1 Å². The maximum absolute atomic E-state index is 11.9. The molecule has 108 valence electrons. The summed E-state index contributed by atoms with van der Waals surface area (Å²) in [5, 5.41) is -0.221. The van der Waals surface area contributed by atoms with Crippen molar-refractivity contribution in [3.8, 4) is 0 Å². The number of nitrogens with two attached hydrogens (primary N) is 1. The van der Waals surface area contributed by atoms with Crippen LogP contribution in [0.3, 0.4) is 0 Å². The molecule has 1 fully saturated rings. The van der Waals surface area contributed by atoms with Crippen LogP contribution in [0, 0.1) is 0 Å². The highest BCUT2D eigenvalue weighted by molar-refractivity contribution is 8.18. The zero-order chi connectivity index (χ0) is 13.7. The molecule has 1 aromatic rings. The quantitative estimate of drug-likeness (QED) is 0.849. The van der Waals surface area contributed by atoms with E-state index in [4.69, 9.17) is 5.73 Å². The van der Waals surface area contributed by atoms with Crippen molar-refractivity contribution in [3.63, 3.8) is 0 Å². The molecule has 0 atom stereocenters. The first kappa shape index (κ1) is 16.8. The van der Waals surface area contributed by atoms with Crippen LogP contribution in [0.4, 0.5) is 4.79 Å². The van der Waals surface area contributed by atoms with Crippen LogP contribution in [0.2, 0.25) is 0 Å². The van der Waals surface area contributed by atoms with Gasteiger partial charge in [0.1, 0.15) is 0 Å². The summed E-state index contributed by atoms with van der Waals surface area (Å²) in [6.07, 6.45) is 3.46. The first-order valence-electron chi connectivity index (χ1n) is 6.20. The summed E-state index contributed by atoms with van der Waals surface area (Å²) in [7, 11) is 0. The second kappa shape index (κ2) is 8.09. The van der Waals surface area contributed by atoms with Crippen LogP contribution < -0.4 is 5.73 Å². The number of aryl methyl sites for hydroxylation is 1. The molecule has 1 aromatic carbocycles. The minimum absolute atomic E-state index is 0. The highest BCUT2D eigenvalue weighted by Gasteiger charge is 2.33. The number of benzene rings is 1. The Bertz CT molecular complexity index is 505. The van der Waals surface area contributed by atoms with Gasteiger partial charge >= 0.3 is 0 Å². The van der Waals surface area contributed by atoms with E-state index >= 15 is 0 Å². The standard InChI is InChI=1S/C14H16N2O2S.ClH/c15-9-10-16-13(17)12(19-14(16)18)8-4-7-11-5-2-1-3-6-11;/h1-3,5-6,8H,4,7,9-10,15H2;1H/b12-8-;. The third-order valence-electron chi connectivity index (χ3n) is 2.83. The molecule has 2 amide bonds. The number of hydrogen-bond donors (Lipinski definition) is 1. The number of halogens is 1. The topological polar surface area (TPSA) is 63.4 Å². The molecule has 4 nitrogen and oxygen atoms in total. The van der Waals surface area contributed by atoms with Gasteiger partial charge in [0.05, 0.1) is 4.91 Å². The summed E-state index contributed by atoms with van der Waals surface area (Å²) in [5.74, 6) is -0.214. The van der Waals surface area contributed by atoms with E-state index in [1.165, 1.54) is 10.5 Å². The van der Waals surface area contributed by atoms with Gasteiger partial charge in [-0.2, -0.15) is 0 Å². The Balaban J connectivity index is 0.00000200. The molecule has 1 aliphatic heterocycles. The number of allylic oxidation sites excluding steroid dienone is 1. The Morgan fingerprint density at radius 3 is 2.55 bits per heavy atom. The van der Waals surface area contributed by atoms with Crippen LogP contribution in [-0.4, -0.2) is 29.1 Å². The fraction of sp³-hybridized carbons (Fsp3) is 0.286. The number of nitrogens with zero attached hydrogens (tertiary/aromatic N) is 1. The number of carbonyl (C=O) groups is 2. The minimum Gasteiger partial charge on any atom is -0.329 e. The number of thioether (sulfide) groups is 1. The van der Waals surface area contributed by atoms with Gasteiger partial charge in [-0.25, -0.2) is 0 Å². The molecule has 0 aliphatic carbocycles. The average molecular weight is 313 g/mol. The number of imide groups is 1. The van der Waals surface area contributed by atoms with Gasteiger partial charge in [-0.05, 0) is 30.2 Å². The van der Waals surface area contributed by atoms with Gasteiger partial charge in [0.25, 0.3) is 11.1 Å². The molecule has 1 aliphatic rings. The summed E-state index contributed by atoms with van der Waals surface area (Å²) in [6, 6.07) is 10.1. The first-order chi connectivity index (χ1) is 9.22. The number of hydrogen-bond acceptors (Lipinski definition) is 4. The lowest BCUT2D eigenvalue weighted by molar-refractivity contribution is -0.122. The van der Waals surface area contributed by atoms with Crippen molar-refractivity contribution in [3.05, 3.63) is 46.9 Å². The molecule has 0 bridgehead atoms. The Morgan fingerprint density at radius 1 is 1.20 bits per heavy atom. The molecular formula is C14H17ClN2O2S. The van der Waals surface area contributed by atoms with Gasteiger partial charge in [-0.1, -0.05) is 36.4 Å². The molecule has 2 N–H and O–H groups in total. The Morgan fingerprint density at radius 2 is 1.90 bits per heavy atom. The van der Waals surface area contributed by atoms with Crippen molar-refractivity contribution in [2.75, 3.05) is 13.1 Å². The van der Waals surface area contributed by atoms with Crippen molar-refractivity contribution in [2.24, 2.45) is 5.73 Å². The smallest absolute Gasteiger partial charge is 0.293 e. The van der Waals surface area contributed by atoms with Gasteiger partial charge in [0.15, 0.2) is 0 Å². The van der Waals surface area contributed by atoms with E-state index in [0.717, 1.165) is 24.6 Å². The van der Waals surface area contributed by atoms with Crippen molar-refractivity contribution in [1.82, 2.24) is 4.90 Å². The highest BCUT2D eigenvalue weighted by atomic mass is 35.5. The van der Waals surface area contributed by atoms with E-state index in [0.29, 0.717) is 18.0 Å². The molecule has 0 radical (unpaired) electrons. The molecule has 0 spiro atoms. The van der Waals surface area contributed by atoms with Crippen LogP contribution in [0.1, 0.15) is 12.0 Å². The van der Waals surface area contributed by atoms with E-state index in [-0.39, 0.29) is 23.6 Å². The Labute approximate surface area is 128 Å². The predicted molar refractivity (Wildman–Crippen MR) is 83.8 cm³/mol. The highest BCUT2D eigenvalue weighted by Crippen LogP contribution is 2.30. The van der Waals surface area contributed by atoms with Crippen molar-refractivity contribution in [2.45, 2.75) is 12.8 Å². The zero-order valence-electron chi connectivity index (χ0n) is 11.0. The number of amides is 2. The van der Waals surface area contributed by atoms with Gasteiger partial charge in [-0.15, -0.1) is 12.4 Å². The summed E-state index contributed by atoms with van der Waals surface area (Å²) < 4.78 is 0. The Kier molecular flexibility index (Phi) is 6.78. The third kappa shape index (κ3) is 4.10. The maximum Gasteiger partial charge on any atom is 0.293 e. The van der Waals surface area contributed by atoms with Gasteiger partial charge in [-0.3, -0.25) is 14.5 Å². The van der Waals surface area contributed by atoms with E-state index in [1.54, 1.807) is 0 Å². The largest absolute Gasteiger partial charge is 0.329 e. The Hall–Kier alpha value is -1.30. The van der Waals surface area contributed by atoms with E-state index in [9.17, 15) is 9.59 Å². The molecule has 2 rings (SSSR count). The lowest BCUT2D eigenvalue weighted by Gasteiger charge is -2.09. The molecule has 0 saturated carbocycles. The molecule has 6 heteroatoms. The fourth-order valence-corrected chi connectivity index (χ4v) is 2.75. The molecule has 1 heterocycles. The molecule has 1 saturated heterocycles. The fourth-order valence-electron chi connectivity index (χ4n) is 1.87. The van der Waals surface area contributed by atoms with Crippen molar-refractivity contribution >= 4 is 35.3 Å². The number of carbonyl (C=O) groups excluding carboxylic acids is 2. The van der Waals surface area contributed by atoms with E-state index < -0.39 is 0 Å². The van der Waals surface area contributed by atoms with Crippen LogP contribution >= 0.6 is 24.2 Å². The third-order valence-corrected chi connectivity index (χ3v) is 3.79. The molecule has 20 heavy (non-hydrogen) atoms. The normalized spacial score (nSPS) is 16.6. The first-order valence-corrected chi connectivity index (χ1v) is 7.02. The second-order valence-corrected chi connectivity index (χ2v) is 5.20. The lowest BCUT2D eigenvalue weighted by atomic mass is 10.1. The van der Waals surface area contributed by atoms with Gasteiger partial charge < -0.3 is 5.73 Å². The average Bonchev–Trinajstić information content (AvgIpc) is 2.68. The summed E-state index contributed by atoms with van der Waals surface area (Å²) in [5.41, 5.74) is 6.60. The summed E-state index contributed by atoms with van der Waals surface area (Å²) >= 11 is 1.000. The van der Waals surface area contributed by atoms with E-state index in [1.807, 2.05) is 36.4 Å². The van der Waals surface area contributed by atoms with Crippen molar-refractivity contribution in [1.29, 1.82) is 0 Å². The van der Waals surface area contributed by atoms with Crippen LogP contribution in [0.15, 0.2) is 41.3 Å². The minimum atomic E-state index is -0.221. The zero-order valence-corrected chi connectivity index (χ0v) is 12.6. The predicted octanol–water partition coefficient (Wildman–Crippen LogP) is 2.58. The molecule has 0 unspecified atom stereocenters. The van der Waals surface area contributed by atoms with E-state index in [2.05, 4.69) is 0 Å². The maximum atomic E-state index is 11.9. The molecular weight excluding hydrogens is 296 g/mol. The summed E-state index contributed by atoms with van der Waals surface area (Å²) in [6.45, 7) is 0.593. The van der Waals surface area contributed by atoms with Gasteiger partial charge in [0.2, 0.25) is 0 Å². The second-order valence-electron chi connectivity index (χ2n) is 4.21. The SMILES string of the molecule is Cl.NCCN1C(=O)S/C(=C\CCc2ccccc2)C1=O. The number of rotatable bonds is 5. The molecule has 0 aromatic heterocycles.